The molecule has 26 heavy (non-hydrogen) atoms. The van der Waals surface area contributed by atoms with Crippen molar-refractivity contribution in [2.45, 2.75) is 27.2 Å². The molecule has 2 heterocycles. The SMILES string of the molecule is Cc1ccc(N2CC(C(=O)NNC(=O)c3cc(C)oc3C)CC2=O)cc1. The molecule has 2 aromatic rings. The van der Waals surface area contributed by atoms with Gasteiger partial charge < -0.3 is 9.32 Å². The number of carbonyl (C=O) groups excluding carboxylic acids is 3. The highest BCUT2D eigenvalue weighted by atomic mass is 16.3. The van der Waals surface area contributed by atoms with Gasteiger partial charge in [-0.3, -0.25) is 25.2 Å². The van der Waals surface area contributed by atoms with E-state index >= 15 is 0 Å². The fraction of sp³-hybridized carbons (Fsp3) is 0.316. The fourth-order valence-electron chi connectivity index (χ4n) is 3.00. The van der Waals surface area contributed by atoms with Crippen LogP contribution in [0.25, 0.3) is 0 Å². The van der Waals surface area contributed by atoms with Crippen molar-refractivity contribution in [3.63, 3.8) is 0 Å². The van der Waals surface area contributed by atoms with E-state index in [4.69, 9.17) is 4.42 Å². The predicted molar refractivity (Wildman–Crippen MR) is 95.4 cm³/mol. The minimum atomic E-state index is -0.517. The number of aryl methyl sites for hydroxylation is 3. The minimum Gasteiger partial charge on any atom is -0.466 e. The lowest BCUT2D eigenvalue weighted by molar-refractivity contribution is -0.126. The summed E-state index contributed by atoms with van der Waals surface area (Å²) in [4.78, 5) is 38.3. The van der Waals surface area contributed by atoms with Gasteiger partial charge in [-0.1, -0.05) is 17.7 Å². The topological polar surface area (TPSA) is 91.7 Å². The van der Waals surface area contributed by atoms with E-state index in [0.717, 1.165) is 11.3 Å². The maximum atomic E-state index is 12.3. The van der Waals surface area contributed by atoms with Gasteiger partial charge >= 0.3 is 0 Å². The van der Waals surface area contributed by atoms with Gasteiger partial charge in [0.15, 0.2) is 0 Å². The highest BCUT2D eigenvalue weighted by Crippen LogP contribution is 2.25. The van der Waals surface area contributed by atoms with E-state index < -0.39 is 11.8 Å². The zero-order chi connectivity index (χ0) is 18.8. The highest BCUT2D eigenvalue weighted by Gasteiger charge is 2.35. The number of rotatable bonds is 3. The van der Waals surface area contributed by atoms with E-state index in [-0.39, 0.29) is 24.8 Å². The minimum absolute atomic E-state index is 0.110. The Hall–Kier alpha value is -3.09. The number of amides is 3. The van der Waals surface area contributed by atoms with Crippen molar-refractivity contribution in [3.05, 3.63) is 53.0 Å². The summed E-state index contributed by atoms with van der Waals surface area (Å²) in [6.45, 7) is 5.68. The molecule has 0 radical (unpaired) electrons. The number of anilines is 1. The van der Waals surface area contributed by atoms with Crippen LogP contribution in [0.3, 0.4) is 0 Å². The van der Waals surface area contributed by atoms with Crippen molar-refractivity contribution in [2.24, 2.45) is 5.92 Å². The zero-order valence-corrected chi connectivity index (χ0v) is 15.0. The lowest BCUT2D eigenvalue weighted by atomic mass is 10.1. The van der Waals surface area contributed by atoms with E-state index in [1.165, 1.54) is 0 Å². The van der Waals surface area contributed by atoms with Gasteiger partial charge in [0.05, 0.1) is 11.5 Å². The molecule has 136 valence electrons. The van der Waals surface area contributed by atoms with Crippen LogP contribution in [0.1, 0.15) is 33.9 Å². The van der Waals surface area contributed by atoms with E-state index in [1.807, 2.05) is 31.2 Å². The summed E-state index contributed by atoms with van der Waals surface area (Å²) in [6, 6.07) is 9.17. The second-order valence-corrected chi connectivity index (χ2v) is 6.51. The molecule has 3 rings (SSSR count). The lowest BCUT2D eigenvalue weighted by Gasteiger charge is -2.17. The Kier molecular flexibility index (Phi) is 4.79. The zero-order valence-electron chi connectivity index (χ0n) is 15.0. The molecule has 7 heteroatoms. The van der Waals surface area contributed by atoms with Gasteiger partial charge in [-0.15, -0.1) is 0 Å². The highest BCUT2D eigenvalue weighted by molar-refractivity contribution is 6.01. The van der Waals surface area contributed by atoms with Crippen molar-refractivity contribution >= 4 is 23.4 Å². The molecular weight excluding hydrogens is 334 g/mol. The van der Waals surface area contributed by atoms with Crippen LogP contribution in [-0.4, -0.2) is 24.3 Å². The number of hydrogen-bond donors (Lipinski definition) is 2. The van der Waals surface area contributed by atoms with Crippen LogP contribution >= 0.6 is 0 Å². The van der Waals surface area contributed by atoms with Crippen molar-refractivity contribution in [2.75, 3.05) is 11.4 Å². The number of nitrogens with zero attached hydrogens (tertiary/aromatic N) is 1. The third-order valence-electron chi connectivity index (χ3n) is 4.43. The largest absolute Gasteiger partial charge is 0.466 e. The van der Waals surface area contributed by atoms with Crippen molar-refractivity contribution < 1.29 is 18.8 Å². The summed E-state index contributed by atoms with van der Waals surface area (Å²) in [5.74, 6) is -0.366. The number of hydrazine groups is 1. The average molecular weight is 355 g/mol. The van der Waals surface area contributed by atoms with E-state index in [9.17, 15) is 14.4 Å². The normalized spacial score (nSPS) is 16.7. The molecule has 0 saturated carbocycles. The molecule has 0 bridgehead atoms. The van der Waals surface area contributed by atoms with Crippen LogP contribution in [0.4, 0.5) is 5.69 Å². The Bertz CT molecular complexity index is 854. The van der Waals surface area contributed by atoms with Crippen molar-refractivity contribution in [1.29, 1.82) is 0 Å². The van der Waals surface area contributed by atoms with Gasteiger partial charge in [0.1, 0.15) is 11.5 Å². The molecule has 1 aromatic heterocycles. The number of benzene rings is 1. The van der Waals surface area contributed by atoms with Gasteiger partial charge in [0.25, 0.3) is 5.91 Å². The maximum Gasteiger partial charge on any atom is 0.273 e. The molecule has 0 aliphatic carbocycles. The summed E-state index contributed by atoms with van der Waals surface area (Å²) >= 11 is 0. The Labute approximate surface area is 151 Å². The van der Waals surface area contributed by atoms with E-state index in [2.05, 4.69) is 10.9 Å². The lowest BCUT2D eigenvalue weighted by Crippen LogP contribution is -2.45. The monoisotopic (exact) mass is 355 g/mol. The van der Waals surface area contributed by atoms with Crippen molar-refractivity contribution in [1.82, 2.24) is 10.9 Å². The molecule has 1 atom stereocenters. The Morgan fingerprint density at radius 2 is 1.81 bits per heavy atom. The molecule has 1 saturated heterocycles. The van der Waals surface area contributed by atoms with Crippen LogP contribution in [-0.2, 0) is 9.59 Å². The Morgan fingerprint density at radius 1 is 1.12 bits per heavy atom. The first-order valence-electron chi connectivity index (χ1n) is 8.39. The summed E-state index contributed by atoms with van der Waals surface area (Å²) in [7, 11) is 0. The van der Waals surface area contributed by atoms with Crippen molar-refractivity contribution in [3.8, 4) is 0 Å². The maximum absolute atomic E-state index is 12.3. The fourth-order valence-corrected chi connectivity index (χ4v) is 3.00. The predicted octanol–water partition coefficient (Wildman–Crippen LogP) is 2.02. The van der Waals surface area contributed by atoms with Gasteiger partial charge in [-0.2, -0.15) is 0 Å². The number of carbonyl (C=O) groups is 3. The molecule has 7 nitrogen and oxygen atoms in total. The number of furan rings is 1. The summed E-state index contributed by atoms with van der Waals surface area (Å²) in [5, 5.41) is 0. The summed E-state index contributed by atoms with van der Waals surface area (Å²) < 4.78 is 5.30. The molecule has 1 aliphatic heterocycles. The van der Waals surface area contributed by atoms with Gasteiger partial charge in [0, 0.05) is 18.7 Å². The first-order valence-corrected chi connectivity index (χ1v) is 8.39. The smallest absolute Gasteiger partial charge is 0.273 e. The molecule has 2 N–H and O–H groups in total. The van der Waals surface area contributed by atoms with Crippen LogP contribution < -0.4 is 15.8 Å². The van der Waals surface area contributed by atoms with E-state index in [1.54, 1.807) is 24.8 Å². The Balaban J connectivity index is 1.59. The quantitative estimate of drug-likeness (QED) is 0.824. The number of nitrogens with one attached hydrogen (secondary N) is 2. The Morgan fingerprint density at radius 3 is 2.42 bits per heavy atom. The second-order valence-electron chi connectivity index (χ2n) is 6.51. The third kappa shape index (κ3) is 3.61. The van der Waals surface area contributed by atoms with Crippen LogP contribution in [0.2, 0.25) is 0 Å². The summed E-state index contributed by atoms with van der Waals surface area (Å²) in [5.41, 5.74) is 7.01. The first kappa shape index (κ1) is 17.7. The molecule has 0 spiro atoms. The summed E-state index contributed by atoms with van der Waals surface area (Å²) in [6.07, 6.45) is 0.111. The van der Waals surface area contributed by atoms with E-state index in [0.29, 0.717) is 17.1 Å². The molecule has 1 aliphatic rings. The number of hydrogen-bond acceptors (Lipinski definition) is 4. The molecule has 1 unspecified atom stereocenters. The molecule has 3 amide bonds. The standard InChI is InChI=1S/C19H21N3O4/c1-11-4-6-15(7-5-11)22-10-14(9-17(22)23)18(24)20-21-19(25)16-8-12(2)26-13(16)3/h4-8,14H,9-10H2,1-3H3,(H,20,24)(H,21,25). The third-order valence-corrected chi connectivity index (χ3v) is 4.43. The van der Waals surface area contributed by atoms with Gasteiger partial charge in [0.2, 0.25) is 11.8 Å². The first-order chi connectivity index (χ1) is 12.3. The molecule has 1 aromatic carbocycles. The second kappa shape index (κ2) is 7.03. The van der Waals surface area contributed by atoms with Crippen LogP contribution in [0, 0.1) is 26.7 Å². The van der Waals surface area contributed by atoms with Gasteiger partial charge in [-0.05, 0) is 39.0 Å². The van der Waals surface area contributed by atoms with Gasteiger partial charge in [-0.25, -0.2) is 0 Å². The van der Waals surface area contributed by atoms with Crippen LogP contribution in [0.5, 0.6) is 0 Å². The molecule has 1 fully saturated rings. The molecular formula is C19H21N3O4. The average Bonchev–Trinajstić information content (AvgIpc) is 3.15. The van der Waals surface area contributed by atoms with Crippen LogP contribution in [0.15, 0.2) is 34.7 Å².